The van der Waals surface area contributed by atoms with E-state index in [1.807, 2.05) is 43.3 Å². The Hall–Kier alpha value is -2.14. The minimum Gasteiger partial charge on any atom is -0.497 e. The Morgan fingerprint density at radius 3 is 2.71 bits per heavy atom. The smallest absolute Gasteiger partial charge is 0.237 e. The normalized spacial score (nSPS) is 11.7. The van der Waals surface area contributed by atoms with Crippen LogP contribution in [0.25, 0.3) is 0 Å². The van der Waals surface area contributed by atoms with Gasteiger partial charge in [0.2, 0.25) is 5.91 Å². The Bertz CT molecular complexity index is 631. The topological polar surface area (TPSA) is 64.3 Å². The number of carbonyl (C=O) groups excluding carboxylic acids is 1. The van der Waals surface area contributed by atoms with Crippen LogP contribution in [0.5, 0.6) is 5.75 Å². The summed E-state index contributed by atoms with van der Waals surface area (Å²) in [5, 5.41) is 2.60. The molecule has 0 aliphatic heterocycles. The first-order chi connectivity index (χ1) is 10.1. The van der Waals surface area contributed by atoms with E-state index < -0.39 is 0 Å². The lowest BCUT2D eigenvalue weighted by atomic mass is 10.2. The fourth-order valence-corrected chi connectivity index (χ4v) is 2.69. The van der Waals surface area contributed by atoms with E-state index in [-0.39, 0.29) is 11.2 Å². The third-order valence-corrected chi connectivity index (χ3v) is 4.04. The number of thioether (sulfide) groups is 1. The van der Waals surface area contributed by atoms with E-state index >= 15 is 0 Å². The maximum atomic E-state index is 12.2. The van der Waals surface area contributed by atoms with E-state index in [9.17, 15) is 4.79 Å². The molecule has 2 aromatic carbocycles. The van der Waals surface area contributed by atoms with Crippen molar-refractivity contribution in [2.75, 3.05) is 18.2 Å². The van der Waals surface area contributed by atoms with Gasteiger partial charge in [-0.15, -0.1) is 11.8 Å². The van der Waals surface area contributed by atoms with Crippen molar-refractivity contribution in [3.05, 3.63) is 48.5 Å². The second-order valence-corrected chi connectivity index (χ2v) is 5.93. The van der Waals surface area contributed by atoms with Crippen molar-refractivity contribution in [1.82, 2.24) is 0 Å². The molecule has 110 valence electrons. The Morgan fingerprint density at radius 2 is 2.00 bits per heavy atom. The van der Waals surface area contributed by atoms with Gasteiger partial charge in [0, 0.05) is 4.90 Å². The van der Waals surface area contributed by atoms with Gasteiger partial charge in [-0.25, -0.2) is 0 Å². The Balaban J connectivity index is 2.01. The van der Waals surface area contributed by atoms with Gasteiger partial charge in [0.15, 0.2) is 0 Å². The van der Waals surface area contributed by atoms with Crippen LogP contribution in [0.15, 0.2) is 53.4 Å². The molecule has 0 radical (unpaired) electrons. The highest BCUT2D eigenvalue weighted by Crippen LogP contribution is 2.27. The molecule has 1 unspecified atom stereocenters. The number of amides is 1. The largest absolute Gasteiger partial charge is 0.497 e. The van der Waals surface area contributed by atoms with Crippen molar-refractivity contribution in [2.45, 2.75) is 17.1 Å². The van der Waals surface area contributed by atoms with Crippen LogP contribution < -0.4 is 15.8 Å². The molecule has 0 spiro atoms. The Labute approximate surface area is 128 Å². The molecule has 0 aliphatic carbocycles. The number of anilines is 2. The molecule has 4 nitrogen and oxygen atoms in total. The lowest BCUT2D eigenvalue weighted by molar-refractivity contribution is -0.115. The van der Waals surface area contributed by atoms with E-state index in [4.69, 9.17) is 10.5 Å². The number of para-hydroxylation sites is 2. The van der Waals surface area contributed by atoms with Crippen LogP contribution in [0, 0.1) is 0 Å². The maximum Gasteiger partial charge on any atom is 0.237 e. The Kier molecular flexibility index (Phi) is 5.11. The standard InChI is InChI=1S/C16H18N2O2S/c1-11(21-13-7-5-6-12(10-13)20-2)16(19)18-15-9-4-3-8-14(15)17/h3-11H,17H2,1-2H3,(H,18,19). The first kappa shape index (κ1) is 15.3. The Morgan fingerprint density at radius 1 is 1.24 bits per heavy atom. The van der Waals surface area contributed by atoms with Gasteiger partial charge in [-0.2, -0.15) is 0 Å². The van der Waals surface area contributed by atoms with Crippen LogP contribution in [-0.2, 0) is 4.79 Å². The van der Waals surface area contributed by atoms with Gasteiger partial charge in [-0.3, -0.25) is 4.79 Å². The van der Waals surface area contributed by atoms with E-state index in [1.165, 1.54) is 11.8 Å². The van der Waals surface area contributed by atoms with Crippen LogP contribution in [0.3, 0.4) is 0 Å². The lowest BCUT2D eigenvalue weighted by Crippen LogP contribution is -2.22. The summed E-state index contributed by atoms with van der Waals surface area (Å²) in [5.74, 6) is 0.695. The van der Waals surface area contributed by atoms with Gasteiger partial charge >= 0.3 is 0 Å². The van der Waals surface area contributed by atoms with Crippen LogP contribution >= 0.6 is 11.8 Å². The second-order valence-electron chi connectivity index (χ2n) is 4.52. The minimum absolute atomic E-state index is 0.0827. The summed E-state index contributed by atoms with van der Waals surface area (Å²) in [6.07, 6.45) is 0. The van der Waals surface area contributed by atoms with Crippen molar-refractivity contribution in [2.24, 2.45) is 0 Å². The van der Waals surface area contributed by atoms with E-state index in [1.54, 1.807) is 19.2 Å². The maximum absolute atomic E-state index is 12.2. The number of hydrogen-bond donors (Lipinski definition) is 2. The number of nitrogens with two attached hydrogens (primary N) is 1. The molecule has 2 rings (SSSR count). The summed E-state index contributed by atoms with van der Waals surface area (Å²) in [4.78, 5) is 13.2. The minimum atomic E-state index is -0.239. The summed E-state index contributed by atoms with van der Waals surface area (Å²) in [6.45, 7) is 1.86. The molecule has 0 saturated heterocycles. The highest BCUT2D eigenvalue weighted by Gasteiger charge is 2.15. The van der Waals surface area contributed by atoms with Crippen molar-refractivity contribution >= 4 is 29.0 Å². The number of benzene rings is 2. The molecule has 5 heteroatoms. The van der Waals surface area contributed by atoms with Gasteiger partial charge in [0.05, 0.1) is 23.7 Å². The first-order valence-electron chi connectivity index (χ1n) is 6.56. The summed E-state index contributed by atoms with van der Waals surface area (Å²) < 4.78 is 5.18. The zero-order valence-electron chi connectivity index (χ0n) is 12.0. The quantitative estimate of drug-likeness (QED) is 0.656. The van der Waals surface area contributed by atoms with E-state index in [2.05, 4.69) is 5.32 Å². The fraction of sp³-hybridized carbons (Fsp3) is 0.188. The number of carbonyl (C=O) groups is 1. The van der Waals surface area contributed by atoms with Crippen molar-refractivity contribution in [3.63, 3.8) is 0 Å². The number of rotatable bonds is 5. The van der Waals surface area contributed by atoms with Gasteiger partial charge in [-0.05, 0) is 37.3 Å². The van der Waals surface area contributed by atoms with Crippen molar-refractivity contribution in [3.8, 4) is 5.75 Å². The van der Waals surface area contributed by atoms with Gasteiger partial charge in [0.1, 0.15) is 5.75 Å². The number of hydrogen-bond acceptors (Lipinski definition) is 4. The van der Waals surface area contributed by atoms with Crippen LogP contribution in [0.2, 0.25) is 0 Å². The van der Waals surface area contributed by atoms with Gasteiger partial charge < -0.3 is 15.8 Å². The van der Waals surface area contributed by atoms with E-state index in [0.717, 1.165) is 10.6 Å². The number of ether oxygens (including phenoxy) is 1. The molecule has 2 aromatic rings. The molecule has 21 heavy (non-hydrogen) atoms. The van der Waals surface area contributed by atoms with Crippen LogP contribution in [0.1, 0.15) is 6.92 Å². The average molecular weight is 302 g/mol. The summed E-state index contributed by atoms with van der Waals surface area (Å²) in [7, 11) is 1.62. The summed E-state index contributed by atoms with van der Waals surface area (Å²) in [5.41, 5.74) is 7.02. The van der Waals surface area contributed by atoms with Crippen molar-refractivity contribution < 1.29 is 9.53 Å². The molecule has 0 bridgehead atoms. The molecular formula is C16H18N2O2S. The molecule has 0 heterocycles. The van der Waals surface area contributed by atoms with Gasteiger partial charge in [-0.1, -0.05) is 18.2 Å². The van der Waals surface area contributed by atoms with Crippen LogP contribution in [-0.4, -0.2) is 18.3 Å². The summed E-state index contributed by atoms with van der Waals surface area (Å²) >= 11 is 1.47. The number of methoxy groups -OCH3 is 1. The third-order valence-electron chi connectivity index (χ3n) is 2.94. The first-order valence-corrected chi connectivity index (χ1v) is 7.44. The van der Waals surface area contributed by atoms with Gasteiger partial charge in [0.25, 0.3) is 0 Å². The fourth-order valence-electron chi connectivity index (χ4n) is 1.78. The third kappa shape index (κ3) is 4.16. The van der Waals surface area contributed by atoms with E-state index in [0.29, 0.717) is 11.4 Å². The molecule has 1 amide bonds. The highest BCUT2D eigenvalue weighted by molar-refractivity contribution is 8.00. The molecule has 0 saturated carbocycles. The average Bonchev–Trinajstić information content (AvgIpc) is 2.49. The SMILES string of the molecule is COc1cccc(SC(C)C(=O)Nc2ccccc2N)c1. The molecular weight excluding hydrogens is 284 g/mol. The molecule has 0 fully saturated rings. The number of nitrogen functional groups attached to an aromatic ring is 1. The monoisotopic (exact) mass is 302 g/mol. The second kappa shape index (κ2) is 7.04. The molecule has 1 atom stereocenters. The molecule has 0 aliphatic rings. The molecule has 0 aromatic heterocycles. The summed E-state index contributed by atoms with van der Waals surface area (Å²) in [6, 6.07) is 14.9. The predicted octanol–water partition coefficient (Wildman–Crippen LogP) is 3.40. The predicted molar refractivity (Wildman–Crippen MR) is 87.8 cm³/mol. The van der Waals surface area contributed by atoms with Crippen LogP contribution in [0.4, 0.5) is 11.4 Å². The number of nitrogens with one attached hydrogen (secondary N) is 1. The lowest BCUT2D eigenvalue weighted by Gasteiger charge is -2.13. The van der Waals surface area contributed by atoms with Crippen molar-refractivity contribution in [1.29, 1.82) is 0 Å². The zero-order valence-corrected chi connectivity index (χ0v) is 12.8. The molecule has 3 N–H and O–H groups in total. The highest BCUT2D eigenvalue weighted by atomic mass is 32.2. The zero-order chi connectivity index (χ0) is 15.2.